The van der Waals surface area contributed by atoms with Crippen molar-refractivity contribution >= 4 is 0 Å². The van der Waals surface area contributed by atoms with E-state index in [1.54, 1.807) is 18.2 Å². The molecule has 1 aliphatic heterocycles. The molecule has 0 saturated carbocycles. The predicted octanol–water partition coefficient (Wildman–Crippen LogP) is 2.50. The van der Waals surface area contributed by atoms with E-state index in [2.05, 4.69) is 6.07 Å². The Morgan fingerprint density at radius 1 is 1.33 bits per heavy atom. The average Bonchev–Trinajstić information content (AvgIpc) is 2.31. The van der Waals surface area contributed by atoms with Crippen LogP contribution >= 0.6 is 0 Å². The summed E-state index contributed by atoms with van der Waals surface area (Å²) in [6.07, 6.45) is 0.132. The standard InChI is InChI=1S/C14H17FN2O/c1-10-8-17(9-11(2)18-10)14(7-16)12-5-3-4-6-13(12)15/h3-6,10-11,14H,8-9H2,1-2H3. The number of ether oxygens (including phenoxy) is 1. The Bertz CT molecular complexity index is 447. The van der Waals surface area contributed by atoms with Crippen LogP contribution in [0, 0.1) is 17.1 Å². The second kappa shape index (κ2) is 5.47. The highest BCUT2D eigenvalue weighted by molar-refractivity contribution is 5.26. The van der Waals surface area contributed by atoms with Crippen LogP contribution in [0.1, 0.15) is 25.5 Å². The van der Waals surface area contributed by atoms with Crippen molar-refractivity contribution in [3.63, 3.8) is 0 Å². The zero-order valence-corrected chi connectivity index (χ0v) is 10.6. The number of benzene rings is 1. The molecule has 3 atom stereocenters. The molecule has 18 heavy (non-hydrogen) atoms. The first kappa shape index (κ1) is 13.0. The Balaban J connectivity index is 2.24. The summed E-state index contributed by atoms with van der Waals surface area (Å²) in [4.78, 5) is 1.98. The molecule has 0 N–H and O–H groups in total. The highest BCUT2D eigenvalue weighted by Gasteiger charge is 2.30. The Morgan fingerprint density at radius 3 is 2.50 bits per heavy atom. The number of nitriles is 1. The van der Waals surface area contributed by atoms with Crippen molar-refractivity contribution in [2.75, 3.05) is 13.1 Å². The maximum atomic E-state index is 13.8. The molecule has 1 fully saturated rings. The van der Waals surface area contributed by atoms with Gasteiger partial charge in [0.1, 0.15) is 11.9 Å². The number of halogens is 1. The number of hydrogen-bond donors (Lipinski definition) is 0. The molecule has 3 unspecified atom stereocenters. The maximum absolute atomic E-state index is 13.8. The fourth-order valence-corrected chi connectivity index (χ4v) is 2.47. The molecular formula is C14H17FN2O. The molecule has 4 heteroatoms. The van der Waals surface area contributed by atoms with Crippen molar-refractivity contribution in [2.24, 2.45) is 0 Å². The number of nitrogens with zero attached hydrogens (tertiary/aromatic N) is 2. The Kier molecular flexibility index (Phi) is 3.95. The lowest BCUT2D eigenvalue weighted by molar-refractivity contribution is -0.0752. The Labute approximate surface area is 107 Å². The van der Waals surface area contributed by atoms with Crippen molar-refractivity contribution in [3.05, 3.63) is 35.6 Å². The van der Waals surface area contributed by atoms with Crippen LogP contribution in [0.25, 0.3) is 0 Å². The Hall–Kier alpha value is -1.44. The van der Waals surface area contributed by atoms with E-state index in [1.165, 1.54) is 6.07 Å². The molecule has 96 valence electrons. The third-order valence-electron chi connectivity index (χ3n) is 3.14. The largest absolute Gasteiger partial charge is 0.373 e. The van der Waals surface area contributed by atoms with Gasteiger partial charge in [0.25, 0.3) is 0 Å². The Morgan fingerprint density at radius 2 is 1.94 bits per heavy atom. The van der Waals surface area contributed by atoms with Crippen molar-refractivity contribution in [3.8, 4) is 6.07 Å². The molecule has 0 aliphatic carbocycles. The van der Waals surface area contributed by atoms with Gasteiger partial charge in [0, 0.05) is 18.7 Å². The van der Waals surface area contributed by atoms with E-state index < -0.39 is 6.04 Å². The lowest BCUT2D eigenvalue weighted by Gasteiger charge is -2.37. The van der Waals surface area contributed by atoms with Crippen molar-refractivity contribution in [1.82, 2.24) is 4.90 Å². The van der Waals surface area contributed by atoms with E-state index in [0.29, 0.717) is 18.7 Å². The number of rotatable bonds is 2. The van der Waals surface area contributed by atoms with E-state index in [-0.39, 0.29) is 18.0 Å². The lowest BCUT2D eigenvalue weighted by atomic mass is 10.0. The quantitative estimate of drug-likeness (QED) is 0.806. The summed E-state index contributed by atoms with van der Waals surface area (Å²) >= 11 is 0. The molecule has 1 saturated heterocycles. The molecular weight excluding hydrogens is 231 g/mol. The van der Waals surface area contributed by atoms with Gasteiger partial charge in [0.05, 0.1) is 18.3 Å². The zero-order chi connectivity index (χ0) is 13.1. The molecule has 2 rings (SSSR count). The number of morpholine rings is 1. The first-order valence-electron chi connectivity index (χ1n) is 6.15. The SMILES string of the molecule is CC1CN(C(C#N)c2ccccc2F)CC(C)O1. The molecule has 0 aromatic heterocycles. The van der Waals surface area contributed by atoms with Gasteiger partial charge >= 0.3 is 0 Å². The van der Waals surface area contributed by atoms with E-state index in [9.17, 15) is 9.65 Å². The van der Waals surface area contributed by atoms with Crippen LogP contribution in [0.15, 0.2) is 24.3 Å². The van der Waals surface area contributed by atoms with Gasteiger partial charge in [-0.15, -0.1) is 0 Å². The second-order valence-corrected chi connectivity index (χ2v) is 4.76. The van der Waals surface area contributed by atoms with Crippen LogP contribution in [-0.2, 0) is 4.74 Å². The van der Waals surface area contributed by atoms with Crippen molar-refractivity contribution < 1.29 is 9.13 Å². The first-order chi connectivity index (χ1) is 8.61. The summed E-state index contributed by atoms with van der Waals surface area (Å²) < 4.78 is 19.4. The lowest BCUT2D eigenvalue weighted by Crippen LogP contribution is -2.46. The normalized spacial score (nSPS) is 26.6. The van der Waals surface area contributed by atoms with Gasteiger partial charge in [-0.2, -0.15) is 5.26 Å². The minimum Gasteiger partial charge on any atom is -0.373 e. The van der Waals surface area contributed by atoms with Crippen LogP contribution in [-0.4, -0.2) is 30.2 Å². The smallest absolute Gasteiger partial charge is 0.129 e. The summed E-state index contributed by atoms with van der Waals surface area (Å²) in [7, 11) is 0. The van der Waals surface area contributed by atoms with Gasteiger partial charge in [-0.25, -0.2) is 4.39 Å². The summed E-state index contributed by atoms with van der Waals surface area (Å²) in [5.74, 6) is -0.323. The number of hydrogen-bond acceptors (Lipinski definition) is 3. The van der Waals surface area contributed by atoms with Crippen LogP contribution in [0.3, 0.4) is 0 Å². The van der Waals surface area contributed by atoms with Crippen LogP contribution in [0.5, 0.6) is 0 Å². The van der Waals surface area contributed by atoms with Gasteiger partial charge < -0.3 is 4.74 Å². The molecule has 0 spiro atoms. The molecule has 1 heterocycles. The fourth-order valence-electron chi connectivity index (χ4n) is 2.47. The molecule has 1 aromatic carbocycles. The summed E-state index contributed by atoms with van der Waals surface area (Å²) in [5, 5.41) is 9.33. The summed E-state index contributed by atoms with van der Waals surface area (Å²) in [5.41, 5.74) is 0.446. The van der Waals surface area contributed by atoms with Crippen molar-refractivity contribution in [2.45, 2.75) is 32.1 Å². The average molecular weight is 248 g/mol. The monoisotopic (exact) mass is 248 g/mol. The van der Waals surface area contributed by atoms with Crippen molar-refractivity contribution in [1.29, 1.82) is 5.26 Å². The van der Waals surface area contributed by atoms with Gasteiger partial charge in [0.15, 0.2) is 0 Å². The van der Waals surface area contributed by atoms with Gasteiger partial charge in [-0.05, 0) is 19.9 Å². The molecule has 1 aromatic rings. The molecule has 1 aliphatic rings. The van der Waals surface area contributed by atoms with Gasteiger partial charge in [-0.3, -0.25) is 4.90 Å². The van der Waals surface area contributed by atoms with E-state index in [4.69, 9.17) is 4.74 Å². The third-order valence-corrected chi connectivity index (χ3v) is 3.14. The first-order valence-corrected chi connectivity index (χ1v) is 6.15. The molecule has 3 nitrogen and oxygen atoms in total. The maximum Gasteiger partial charge on any atom is 0.129 e. The minimum atomic E-state index is -0.542. The second-order valence-electron chi connectivity index (χ2n) is 4.76. The van der Waals surface area contributed by atoms with Gasteiger partial charge in [-0.1, -0.05) is 18.2 Å². The van der Waals surface area contributed by atoms with E-state index >= 15 is 0 Å². The van der Waals surface area contributed by atoms with Crippen LogP contribution in [0.2, 0.25) is 0 Å². The highest BCUT2D eigenvalue weighted by atomic mass is 19.1. The fraction of sp³-hybridized carbons (Fsp3) is 0.500. The highest BCUT2D eigenvalue weighted by Crippen LogP contribution is 2.26. The minimum absolute atomic E-state index is 0.0661. The van der Waals surface area contributed by atoms with Crippen LogP contribution in [0.4, 0.5) is 4.39 Å². The molecule has 0 amide bonds. The molecule has 0 bridgehead atoms. The third kappa shape index (κ3) is 2.69. The summed E-state index contributed by atoms with van der Waals surface area (Å²) in [6, 6.07) is 8.13. The van der Waals surface area contributed by atoms with Crippen LogP contribution < -0.4 is 0 Å². The topological polar surface area (TPSA) is 36.3 Å². The predicted molar refractivity (Wildman–Crippen MR) is 66.3 cm³/mol. The zero-order valence-electron chi connectivity index (χ0n) is 10.6. The van der Waals surface area contributed by atoms with Gasteiger partial charge in [0.2, 0.25) is 0 Å². The summed E-state index contributed by atoms with van der Waals surface area (Å²) in [6.45, 7) is 5.24. The van der Waals surface area contributed by atoms with E-state index in [1.807, 2.05) is 18.7 Å². The molecule has 0 radical (unpaired) electrons. The van der Waals surface area contributed by atoms with E-state index in [0.717, 1.165) is 0 Å².